The normalized spacial score (nSPS) is 15.8. The van der Waals surface area contributed by atoms with Crippen LogP contribution in [-0.2, 0) is 16.1 Å². The maximum Gasteiger partial charge on any atom is 0.339 e. The quantitative estimate of drug-likeness (QED) is 0.840. The van der Waals surface area contributed by atoms with E-state index >= 15 is 0 Å². The minimum absolute atomic E-state index is 0.0333. The van der Waals surface area contributed by atoms with Gasteiger partial charge in [0, 0.05) is 23.4 Å². The molecule has 24 heavy (non-hydrogen) atoms. The van der Waals surface area contributed by atoms with Gasteiger partial charge in [-0.3, -0.25) is 9.59 Å². The van der Waals surface area contributed by atoms with E-state index in [4.69, 9.17) is 4.74 Å². The molecule has 6 nitrogen and oxygen atoms in total. The van der Waals surface area contributed by atoms with Gasteiger partial charge in [-0.1, -0.05) is 18.2 Å². The minimum atomic E-state index is -0.578. The van der Waals surface area contributed by atoms with E-state index in [1.165, 1.54) is 0 Å². The molecule has 2 heterocycles. The molecule has 2 N–H and O–H groups in total. The van der Waals surface area contributed by atoms with Crippen LogP contribution in [0.15, 0.2) is 35.1 Å². The standard InChI is InChI=1S/C18H18N2O4/c1-10-7-11(2)20-17(22)14(10)9-19-16(21)8-15-12-5-3-4-6-13(12)18(23)24-15/h3-7,15H,8-9H2,1-2H3,(H,19,21)(H,20,22)/t15-/m0/s1. The number of benzene rings is 1. The van der Waals surface area contributed by atoms with Crippen molar-refractivity contribution in [2.45, 2.75) is 32.9 Å². The second-order valence-electron chi connectivity index (χ2n) is 5.91. The van der Waals surface area contributed by atoms with E-state index < -0.39 is 12.1 Å². The van der Waals surface area contributed by atoms with Gasteiger partial charge in [-0.05, 0) is 31.5 Å². The molecule has 1 aliphatic rings. The van der Waals surface area contributed by atoms with E-state index in [0.29, 0.717) is 11.1 Å². The fourth-order valence-electron chi connectivity index (χ4n) is 2.90. The van der Waals surface area contributed by atoms with E-state index in [-0.39, 0.29) is 24.4 Å². The number of esters is 1. The second-order valence-corrected chi connectivity index (χ2v) is 5.91. The topological polar surface area (TPSA) is 88.3 Å². The van der Waals surface area contributed by atoms with Crippen molar-refractivity contribution < 1.29 is 14.3 Å². The second kappa shape index (κ2) is 6.31. The van der Waals surface area contributed by atoms with E-state index in [1.54, 1.807) is 24.3 Å². The fraction of sp³-hybridized carbons (Fsp3) is 0.278. The van der Waals surface area contributed by atoms with Crippen molar-refractivity contribution in [2.75, 3.05) is 0 Å². The molecule has 0 fully saturated rings. The third kappa shape index (κ3) is 3.08. The maximum absolute atomic E-state index is 12.2. The van der Waals surface area contributed by atoms with E-state index in [9.17, 15) is 14.4 Å². The molecule has 1 atom stereocenters. The van der Waals surface area contributed by atoms with E-state index in [0.717, 1.165) is 16.8 Å². The SMILES string of the molecule is Cc1cc(C)c(CNC(=O)C[C@@H]2OC(=O)c3ccccc32)c(=O)[nH]1. The largest absolute Gasteiger partial charge is 0.453 e. The number of hydrogen-bond acceptors (Lipinski definition) is 4. The predicted molar refractivity (Wildman–Crippen MR) is 87.6 cm³/mol. The Morgan fingerprint density at radius 3 is 2.75 bits per heavy atom. The lowest BCUT2D eigenvalue weighted by Crippen LogP contribution is -2.28. The van der Waals surface area contributed by atoms with Crippen LogP contribution in [0.2, 0.25) is 0 Å². The van der Waals surface area contributed by atoms with Crippen LogP contribution in [-0.4, -0.2) is 16.9 Å². The first-order valence-electron chi connectivity index (χ1n) is 7.71. The molecule has 0 unspecified atom stereocenters. The van der Waals surface area contributed by atoms with Gasteiger partial charge in [0.25, 0.3) is 5.56 Å². The van der Waals surface area contributed by atoms with Gasteiger partial charge in [0.05, 0.1) is 12.0 Å². The van der Waals surface area contributed by atoms with Crippen LogP contribution in [0.4, 0.5) is 0 Å². The average Bonchev–Trinajstić information content (AvgIpc) is 2.83. The number of H-pyrrole nitrogens is 1. The van der Waals surface area contributed by atoms with Gasteiger partial charge < -0.3 is 15.0 Å². The molecule has 0 saturated carbocycles. The zero-order chi connectivity index (χ0) is 17.3. The lowest BCUT2D eigenvalue weighted by Gasteiger charge is -2.12. The summed E-state index contributed by atoms with van der Waals surface area (Å²) in [4.78, 5) is 38.6. The number of hydrogen-bond donors (Lipinski definition) is 2. The van der Waals surface area contributed by atoms with Gasteiger partial charge in [-0.2, -0.15) is 0 Å². The van der Waals surface area contributed by atoms with Crippen LogP contribution in [0, 0.1) is 13.8 Å². The Labute approximate surface area is 138 Å². The van der Waals surface area contributed by atoms with Crippen LogP contribution in [0.25, 0.3) is 0 Å². The summed E-state index contributed by atoms with van der Waals surface area (Å²) in [6, 6.07) is 8.89. The third-order valence-corrected chi connectivity index (χ3v) is 4.10. The Hall–Kier alpha value is -2.89. The monoisotopic (exact) mass is 326 g/mol. The summed E-state index contributed by atoms with van der Waals surface area (Å²) in [5.74, 6) is -0.682. The van der Waals surface area contributed by atoms with Crippen molar-refractivity contribution in [3.8, 4) is 0 Å². The third-order valence-electron chi connectivity index (χ3n) is 4.10. The minimum Gasteiger partial charge on any atom is -0.453 e. The molecule has 0 radical (unpaired) electrons. The number of carbonyl (C=O) groups is 2. The Morgan fingerprint density at radius 2 is 2.00 bits per heavy atom. The highest BCUT2D eigenvalue weighted by atomic mass is 16.5. The molecular weight excluding hydrogens is 308 g/mol. The van der Waals surface area contributed by atoms with Crippen molar-refractivity contribution >= 4 is 11.9 Å². The number of ether oxygens (including phenoxy) is 1. The number of cyclic esters (lactones) is 1. The molecule has 0 aliphatic carbocycles. The number of nitrogens with one attached hydrogen (secondary N) is 2. The van der Waals surface area contributed by atoms with E-state index in [2.05, 4.69) is 10.3 Å². The molecule has 0 bridgehead atoms. The summed E-state index contributed by atoms with van der Waals surface area (Å²) >= 11 is 0. The summed E-state index contributed by atoms with van der Waals surface area (Å²) in [7, 11) is 0. The molecule has 1 aromatic heterocycles. The molecule has 3 rings (SSSR count). The van der Waals surface area contributed by atoms with Gasteiger partial charge in [0.1, 0.15) is 6.10 Å². The van der Waals surface area contributed by atoms with Gasteiger partial charge >= 0.3 is 5.97 Å². The van der Waals surface area contributed by atoms with Crippen molar-refractivity contribution in [1.82, 2.24) is 10.3 Å². The fourth-order valence-corrected chi connectivity index (χ4v) is 2.90. The Morgan fingerprint density at radius 1 is 1.25 bits per heavy atom. The molecule has 1 aromatic carbocycles. The number of pyridine rings is 1. The van der Waals surface area contributed by atoms with Crippen molar-refractivity contribution in [2.24, 2.45) is 0 Å². The van der Waals surface area contributed by atoms with Crippen molar-refractivity contribution in [3.05, 3.63) is 68.6 Å². The maximum atomic E-state index is 12.2. The van der Waals surface area contributed by atoms with Crippen molar-refractivity contribution in [3.63, 3.8) is 0 Å². The number of rotatable bonds is 4. The van der Waals surface area contributed by atoms with Crippen LogP contribution in [0.1, 0.15) is 45.3 Å². The van der Waals surface area contributed by atoms with Gasteiger partial charge in [0.2, 0.25) is 5.91 Å². The number of carbonyl (C=O) groups excluding carboxylic acids is 2. The van der Waals surface area contributed by atoms with Gasteiger partial charge in [0.15, 0.2) is 0 Å². The zero-order valence-electron chi connectivity index (χ0n) is 13.5. The molecule has 1 amide bonds. The molecule has 124 valence electrons. The first-order valence-corrected chi connectivity index (χ1v) is 7.71. The van der Waals surface area contributed by atoms with Gasteiger partial charge in [-0.15, -0.1) is 0 Å². The Balaban J connectivity index is 1.66. The first-order chi connectivity index (χ1) is 11.5. The molecule has 2 aromatic rings. The highest BCUT2D eigenvalue weighted by molar-refractivity contribution is 5.94. The predicted octanol–water partition coefficient (Wildman–Crippen LogP) is 1.91. The molecule has 0 spiro atoms. The zero-order valence-corrected chi connectivity index (χ0v) is 13.5. The smallest absolute Gasteiger partial charge is 0.339 e. The number of amides is 1. The first kappa shape index (κ1) is 16.0. The lowest BCUT2D eigenvalue weighted by atomic mass is 10.0. The number of aryl methyl sites for hydroxylation is 2. The Kier molecular flexibility index (Phi) is 4.20. The average molecular weight is 326 g/mol. The molecular formula is C18H18N2O4. The lowest BCUT2D eigenvalue weighted by molar-refractivity contribution is -0.123. The summed E-state index contributed by atoms with van der Waals surface area (Å²) in [5.41, 5.74) is 3.16. The number of fused-ring (bicyclic) bond motifs is 1. The summed E-state index contributed by atoms with van der Waals surface area (Å²) in [6.07, 6.45) is -0.544. The van der Waals surface area contributed by atoms with E-state index in [1.807, 2.05) is 19.9 Å². The van der Waals surface area contributed by atoms with Crippen molar-refractivity contribution in [1.29, 1.82) is 0 Å². The van der Waals surface area contributed by atoms with Crippen LogP contribution in [0.3, 0.4) is 0 Å². The van der Waals surface area contributed by atoms with Crippen LogP contribution in [0.5, 0.6) is 0 Å². The number of aromatic amines is 1. The highest BCUT2D eigenvalue weighted by Crippen LogP contribution is 2.32. The number of aromatic nitrogens is 1. The van der Waals surface area contributed by atoms with Crippen LogP contribution < -0.4 is 10.9 Å². The summed E-state index contributed by atoms with van der Waals surface area (Å²) in [5, 5.41) is 2.72. The molecule has 0 saturated heterocycles. The molecule has 1 aliphatic heterocycles. The molecule has 6 heteroatoms. The highest BCUT2D eigenvalue weighted by Gasteiger charge is 2.31. The Bertz CT molecular complexity index is 870. The van der Waals surface area contributed by atoms with Gasteiger partial charge in [-0.25, -0.2) is 4.79 Å². The summed E-state index contributed by atoms with van der Waals surface area (Å²) in [6.45, 7) is 3.78. The van der Waals surface area contributed by atoms with Crippen LogP contribution >= 0.6 is 0 Å². The summed E-state index contributed by atoms with van der Waals surface area (Å²) < 4.78 is 5.25.